The third-order valence-corrected chi connectivity index (χ3v) is 5.38. The number of nitrogens with one attached hydrogen (secondary N) is 2. The van der Waals surface area contributed by atoms with Crippen molar-refractivity contribution < 1.29 is 14.3 Å². The summed E-state index contributed by atoms with van der Waals surface area (Å²) in [7, 11) is 0. The molecule has 2 N–H and O–H groups in total. The van der Waals surface area contributed by atoms with Crippen LogP contribution in [0.2, 0.25) is 0 Å². The number of hydrogen-bond donors (Lipinski definition) is 2. The lowest BCUT2D eigenvalue weighted by Crippen LogP contribution is -2.47. The van der Waals surface area contributed by atoms with Crippen LogP contribution in [0.15, 0.2) is 29.3 Å². The zero-order valence-electron chi connectivity index (χ0n) is 18.4. The van der Waals surface area contributed by atoms with E-state index in [4.69, 9.17) is 14.5 Å². The first-order chi connectivity index (χ1) is 14.7. The minimum Gasteiger partial charge on any atom is -0.484 e. The monoisotopic (exact) mass is 416 g/mol. The standard InChI is InChI=1S/C23H36N4O3/c1-3-24-23(27-15-12-21(13-16-27)29-4-2)25-14-11-18-5-9-20(10-6-18)30-17-22(28)26-19-7-8-19/h5-6,9-10,19,21H,3-4,7-8,11-17H2,1-2H3,(H,24,25)(H,26,28). The third kappa shape index (κ3) is 7.52. The Morgan fingerprint density at radius 2 is 1.87 bits per heavy atom. The molecular formula is C23H36N4O3. The number of rotatable bonds is 10. The number of carbonyl (C=O) groups excluding carboxylic acids is 1. The van der Waals surface area contributed by atoms with Crippen LogP contribution < -0.4 is 15.4 Å². The first kappa shape index (κ1) is 22.4. The van der Waals surface area contributed by atoms with Crippen molar-refractivity contribution in [1.29, 1.82) is 0 Å². The fraction of sp³-hybridized carbons (Fsp3) is 0.652. The molecule has 1 aromatic rings. The molecule has 1 aliphatic carbocycles. The number of nitrogens with zero attached hydrogens (tertiary/aromatic N) is 2. The minimum absolute atomic E-state index is 0.0443. The Balaban J connectivity index is 1.42. The van der Waals surface area contributed by atoms with E-state index in [0.717, 1.165) is 76.6 Å². The number of likely N-dealkylation sites (tertiary alicyclic amines) is 1. The molecule has 30 heavy (non-hydrogen) atoms. The summed E-state index contributed by atoms with van der Waals surface area (Å²) < 4.78 is 11.3. The molecule has 2 aliphatic rings. The highest BCUT2D eigenvalue weighted by Gasteiger charge is 2.23. The maximum absolute atomic E-state index is 11.7. The lowest BCUT2D eigenvalue weighted by atomic mass is 10.1. The van der Waals surface area contributed by atoms with Gasteiger partial charge in [0.25, 0.3) is 5.91 Å². The number of hydrogen-bond acceptors (Lipinski definition) is 4. The topological polar surface area (TPSA) is 75.2 Å². The number of guanidine groups is 1. The Morgan fingerprint density at radius 3 is 2.50 bits per heavy atom. The number of aliphatic imine (C=N–C) groups is 1. The van der Waals surface area contributed by atoms with Crippen LogP contribution in [0, 0.1) is 0 Å². The molecule has 0 unspecified atom stereocenters. The maximum atomic E-state index is 11.7. The molecule has 2 fully saturated rings. The van der Waals surface area contributed by atoms with Gasteiger partial charge in [0.1, 0.15) is 5.75 Å². The van der Waals surface area contributed by atoms with Gasteiger partial charge in [0.2, 0.25) is 0 Å². The Labute approximate surface area is 180 Å². The van der Waals surface area contributed by atoms with Gasteiger partial charge in [-0.15, -0.1) is 0 Å². The maximum Gasteiger partial charge on any atom is 0.258 e. The molecule has 0 bridgehead atoms. The van der Waals surface area contributed by atoms with E-state index in [1.807, 2.05) is 24.3 Å². The zero-order chi connectivity index (χ0) is 21.2. The highest BCUT2D eigenvalue weighted by Crippen LogP contribution is 2.18. The lowest BCUT2D eigenvalue weighted by molar-refractivity contribution is -0.123. The molecule has 1 saturated heterocycles. The summed E-state index contributed by atoms with van der Waals surface area (Å²) in [5.41, 5.74) is 1.21. The molecule has 3 rings (SSSR count). The number of piperidine rings is 1. The SMILES string of the molecule is CCNC(=NCCc1ccc(OCC(=O)NC2CC2)cc1)N1CCC(OCC)CC1. The summed E-state index contributed by atoms with van der Waals surface area (Å²) >= 11 is 0. The van der Waals surface area contributed by atoms with Crippen molar-refractivity contribution >= 4 is 11.9 Å². The lowest BCUT2D eigenvalue weighted by Gasteiger charge is -2.34. The van der Waals surface area contributed by atoms with E-state index in [9.17, 15) is 4.79 Å². The van der Waals surface area contributed by atoms with Gasteiger partial charge < -0.3 is 25.0 Å². The van der Waals surface area contributed by atoms with E-state index < -0.39 is 0 Å². The largest absolute Gasteiger partial charge is 0.484 e. The number of amides is 1. The molecular weight excluding hydrogens is 380 g/mol. The van der Waals surface area contributed by atoms with E-state index in [2.05, 4.69) is 29.4 Å². The van der Waals surface area contributed by atoms with Gasteiger partial charge in [0.05, 0.1) is 6.10 Å². The molecule has 0 atom stereocenters. The van der Waals surface area contributed by atoms with E-state index in [0.29, 0.717) is 12.1 Å². The molecule has 1 aliphatic heterocycles. The Kier molecular flexibility index (Phi) is 8.81. The molecule has 1 aromatic carbocycles. The van der Waals surface area contributed by atoms with Gasteiger partial charge in [0, 0.05) is 38.8 Å². The Hall–Kier alpha value is -2.28. The molecule has 7 nitrogen and oxygen atoms in total. The Morgan fingerprint density at radius 1 is 1.13 bits per heavy atom. The summed E-state index contributed by atoms with van der Waals surface area (Å²) in [4.78, 5) is 18.9. The first-order valence-electron chi connectivity index (χ1n) is 11.3. The van der Waals surface area contributed by atoms with Gasteiger partial charge in [-0.1, -0.05) is 12.1 Å². The predicted octanol–water partition coefficient (Wildman–Crippen LogP) is 2.35. The molecule has 166 valence electrons. The zero-order valence-corrected chi connectivity index (χ0v) is 18.4. The highest BCUT2D eigenvalue weighted by molar-refractivity contribution is 5.80. The molecule has 1 heterocycles. The van der Waals surface area contributed by atoms with Crippen molar-refractivity contribution in [3.05, 3.63) is 29.8 Å². The van der Waals surface area contributed by atoms with Crippen LogP contribution in [0.5, 0.6) is 5.75 Å². The molecule has 7 heteroatoms. The van der Waals surface area contributed by atoms with Crippen LogP contribution in [0.4, 0.5) is 0 Å². The fourth-order valence-corrected chi connectivity index (χ4v) is 3.58. The number of carbonyl (C=O) groups is 1. The third-order valence-electron chi connectivity index (χ3n) is 5.38. The van der Waals surface area contributed by atoms with Crippen molar-refractivity contribution in [2.24, 2.45) is 4.99 Å². The van der Waals surface area contributed by atoms with Crippen molar-refractivity contribution in [2.75, 3.05) is 39.4 Å². The van der Waals surface area contributed by atoms with Crippen LogP contribution in [-0.2, 0) is 16.0 Å². The molecule has 1 saturated carbocycles. The van der Waals surface area contributed by atoms with Crippen molar-refractivity contribution in [2.45, 2.75) is 58.1 Å². The van der Waals surface area contributed by atoms with Gasteiger partial charge >= 0.3 is 0 Å². The van der Waals surface area contributed by atoms with E-state index in [-0.39, 0.29) is 12.5 Å². The summed E-state index contributed by atoms with van der Waals surface area (Å²) in [5, 5.41) is 6.34. The van der Waals surface area contributed by atoms with Gasteiger partial charge in [-0.05, 0) is 63.6 Å². The van der Waals surface area contributed by atoms with Gasteiger partial charge in [-0.3, -0.25) is 9.79 Å². The predicted molar refractivity (Wildman–Crippen MR) is 119 cm³/mol. The van der Waals surface area contributed by atoms with Gasteiger partial charge in [-0.2, -0.15) is 0 Å². The fourth-order valence-electron chi connectivity index (χ4n) is 3.58. The summed E-state index contributed by atoms with van der Waals surface area (Å²) in [5.74, 6) is 1.67. The quantitative estimate of drug-likeness (QED) is 0.452. The second-order valence-electron chi connectivity index (χ2n) is 7.90. The number of benzene rings is 1. The summed E-state index contributed by atoms with van der Waals surface area (Å²) in [6, 6.07) is 8.31. The van der Waals surface area contributed by atoms with Crippen LogP contribution in [-0.4, -0.2) is 68.3 Å². The average Bonchev–Trinajstić information content (AvgIpc) is 3.57. The molecule has 0 radical (unpaired) electrons. The smallest absolute Gasteiger partial charge is 0.258 e. The summed E-state index contributed by atoms with van der Waals surface area (Å²) in [6.45, 7) is 8.59. The normalized spacial score (nSPS) is 17.7. The van der Waals surface area contributed by atoms with Crippen molar-refractivity contribution in [3.63, 3.8) is 0 Å². The summed E-state index contributed by atoms with van der Waals surface area (Å²) in [6.07, 6.45) is 5.53. The van der Waals surface area contributed by atoms with Crippen LogP contribution in [0.25, 0.3) is 0 Å². The molecule has 0 spiro atoms. The Bertz CT molecular complexity index is 680. The van der Waals surface area contributed by atoms with E-state index >= 15 is 0 Å². The number of ether oxygens (including phenoxy) is 2. The second kappa shape index (κ2) is 11.8. The average molecular weight is 417 g/mol. The van der Waals surface area contributed by atoms with E-state index in [1.165, 1.54) is 5.56 Å². The molecule has 0 aromatic heterocycles. The highest BCUT2D eigenvalue weighted by atomic mass is 16.5. The van der Waals surface area contributed by atoms with Crippen molar-refractivity contribution in [1.82, 2.24) is 15.5 Å². The minimum atomic E-state index is -0.0443. The van der Waals surface area contributed by atoms with Gasteiger partial charge in [-0.25, -0.2) is 0 Å². The molecule has 1 amide bonds. The van der Waals surface area contributed by atoms with Crippen LogP contribution >= 0.6 is 0 Å². The first-order valence-corrected chi connectivity index (χ1v) is 11.3. The van der Waals surface area contributed by atoms with Crippen LogP contribution in [0.3, 0.4) is 0 Å². The van der Waals surface area contributed by atoms with Crippen molar-refractivity contribution in [3.8, 4) is 5.75 Å². The second-order valence-corrected chi connectivity index (χ2v) is 7.90. The van der Waals surface area contributed by atoms with Gasteiger partial charge in [0.15, 0.2) is 12.6 Å². The van der Waals surface area contributed by atoms with Crippen LogP contribution in [0.1, 0.15) is 45.1 Å². The van der Waals surface area contributed by atoms with E-state index in [1.54, 1.807) is 0 Å².